The Hall–Kier alpha value is -3.81. The van der Waals surface area contributed by atoms with E-state index in [1.165, 1.54) is 0 Å². The second-order valence-electron chi connectivity index (χ2n) is 8.14. The Balaban J connectivity index is 0. The van der Waals surface area contributed by atoms with Gasteiger partial charge >= 0.3 is 43.4 Å². The van der Waals surface area contributed by atoms with Crippen molar-refractivity contribution in [3.05, 3.63) is 144 Å². The van der Waals surface area contributed by atoms with Crippen LogP contribution in [0.3, 0.4) is 0 Å². The maximum atomic E-state index is 10.1. The number of aliphatic carboxylic acids is 4. The summed E-state index contributed by atoms with van der Waals surface area (Å²) in [5, 5.41) is 40.2. The molecule has 0 amide bonds. The van der Waals surface area contributed by atoms with Crippen molar-refractivity contribution >= 4 is 23.9 Å². The number of hydrogen-bond acceptors (Lipinski definition) is 8. The van der Waals surface area contributed by atoms with Crippen LogP contribution >= 0.6 is 0 Å². The number of rotatable bonds is 8. The Labute approximate surface area is 274 Å². The van der Waals surface area contributed by atoms with Gasteiger partial charge in [-0.3, -0.25) is 0 Å². The zero-order valence-corrected chi connectivity index (χ0v) is 25.8. The molecule has 4 rings (SSSR count). The monoisotopic (exact) mass is 636 g/mol. The van der Waals surface area contributed by atoms with Crippen LogP contribution in [0.4, 0.5) is 0 Å². The van der Waals surface area contributed by atoms with Crippen molar-refractivity contribution in [1.29, 1.82) is 0 Å². The van der Waals surface area contributed by atoms with Gasteiger partial charge in [-0.2, -0.15) is 0 Å². The van der Waals surface area contributed by atoms with Crippen molar-refractivity contribution in [2.75, 3.05) is 0 Å². The summed E-state index contributed by atoms with van der Waals surface area (Å²) in [6.07, 6.45) is 0.00333. The second-order valence-corrected chi connectivity index (χ2v) is 8.14. The number of carboxylic acids is 4. The third kappa shape index (κ3) is 22.9. The molecular weight excluding hydrogens is 608 g/mol. The van der Waals surface area contributed by atoms with Crippen LogP contribution in [-0.2, 0) is 88.3 Å². The first kappa shape index (κ1) is 40.3. The minimum atomic E-state index is -1.04. The van der Waals surface area contributed by atoms with Crippen LogP contribution in [-0.4, -0.2) is 23.9 Å². The maximum Gasteiger partial charge on any atom is 2.00 e. The molecule has 0 bridgehead atoms. The van der Waals surface area contributed by atoms with E-state index < -0.39 is 23.9 Å². The van der Waals surface area contributed by atoms with E-state index in [1.54, 1.807) is 97.1 Å². The van der Waals surface area contributed by atoms with Crippen LogP contribution in [0, 0.1) is 0 Å². The van der Waals surface area contributed by atoms with Crippen LogP contribution in [0.5, 0.6) is 0 Å². The van der Waals surface area contributed by atoms with Crippen LogP contribution in [0.2, 0.25) is 0 Å². The number of benzene rings is 4. The Morgan fingerprint density at radius 1 is 0.333 bits per heavy atom. The van der Waals surface area contributed by atoms with Gasteiger partial charge in [0.15, 0.2) is 0 Å². The first-order valence-electron chi connectivity index (χ1n) is 12.1. The Bertz CT molecular complexity index is 1080. The van der Waals surface area contributed by atoms with Gasteiger partial charge in [0.05, 0.1) is 0 Å². The van der Waals surface area contributed by atoms with Crippen molar-refractivity contribution in [3.8, 4) is 0 Å². The summed E-state index contributed by atoms with van der Waals surface area (Å²) in [5.41, 5.74) is 3.12. The SMILES string of the molecule is O=C([O-])Cc1ccccc1.O=C([O-])Cc1ccccc1.O=C([O-])Cc1ccccc1.O=C([O-])Cc1ccccc1.[Ti+2].[Ti+2]. The number of hydrogen-bond donors (Lipinski definition) is 0. The Morgan fingerprint density at radius 2 is 0.476 bits per heavy atom. The summed E-state index contributed by atoms with van der Waals surface area (Å²) in [5.74, 6) is -4.14. The summed E-state index contributed by atoms with van der Waals surface area (Å²) in [6.45, 7) is 0. The molecule has 0 aliphatic heterocycles. The fraction of sp³-hybridized carbons (Fsp3) is 0.125. The fourth-order valence-electron chi connectivity index (χ4n) is 3.05. The standard InChI is InChI=1S/4C8H8O2.2Ti/c4*9-8(10)6-7-4-2-1-3-5-7;;/h4*1-5H,6H2,(H,9,10);;/q;;;;2*+2/p-4. The van der Waals surface area contributed by atoms with Crippen LogP contribution in [0.1, 0.15) is 22.3 Å². The molecule has 0 fully saturated rings. The zero-order valence-electron chi connectivity index (χ0n) is 22.6. The molecule has 0 aliphatic rings. The van der Waals surface area contributed by atoms with Gasteiger partial charge in [0.2, 0.25) is 0 Å². The molecule has 212 valence electrons. The van der Waals surface area contributed by atoms with Crippen molar-refractivity contribution < 1.29 is 83.0 Å². The minimum absolute atomic E-state index is 0. The second kappa shape index (κ2) is 24.9. The fourth-order valence-corrected chi connectivity index (χ4v) is 3.05. The average molecular weight is 636 g/mol. The van der Waals surface area contributed by atoms with Crippen molar-refractivity contribution in [1.82, 2.24) is 0 Å². The molecule has 4 aromatic carbocycles. The van der Waals surface area contributed by atoms with Crippen molar-refractivity contribution in [2.24, 2.45) is 0 Å². The van der Waals surface area contributed by atoms with Gasteiger partial charge in [-0.25, -0.2) is 0 Å². The largest absolute Gasteiger partial charge is 2.00 e. The smallest absolute Gasteiger partial charge is 0.550 e. The predicted octanol–water partition coefficient (Wildman–Crippen LogP) is -0.0890. The summed E-state index contributed by atoms with van der Waals surface area (Å²) in [4.78, 5) is 40.2. The topological polar surface area (TPSA) is 161 Å². The molecule has 0 radical (unpaired) electrons. The van der Waals surface area contributed by atoms with E-state index >= 15 is 0 Å². The summed E-state index contributed by atoms with van der Waals surface area (Å²) in [6, 6.07) is 35.9. The predicted molar refractivity (Wildman–Crippen MR) is 141 cm³/mol. The molecule has 42 heavy (non-hydrogen) atoms. The van der Waals surface area contributed by atoms with Crippen LogP contribution in [0.25, 0.3) is 0 Å². The number of carboxylic acid groups (broad SMARTS) is 4. The average Bonchev–Trinajstić information content (AvgIpc) is 2.91. The molecule has 0 atom stereocenters. The molecule has 10 heteroatoms. The minimum Gasteiger partial charge on any atom is -0.550 e. The van der Waals surface area contributed by atoms with E-state index in [4.69, 9.17) is 0 Å². The molecule has 8 nitrogen and oxygen atoms in total. The van der Waals surface area contributed by atoms with E-state index in [2.05, 4.69) is 0 Å². The van der Waals surface area contributed by atoms with Crippen molar-refractivity contribution in [3.63, 3.8) is 0 Å². The molecule has 0 aliphatic carbocycles. The Morgan fingerprint density at radius 3 is 0.595 bits per heavy atom. The van der Waals surface area contributed by atoms with E-state index in [0.29, 0.717) is 0 Å². The quantitative estimate of drug-likeness (QED) is 0.243. The van der Waals surface area contributed by atoms with Gasteiger partial charge in [-0.05, 0) is 22.3 Å². The number of carbonyl (C=O) groups is 4. The molecule has 0 heterocycles. The van der Waals surface area contributed by atoms with Gasteiger partial charge in [0, 0.05) is 49.6 Å². The van der Waals surface area contributed by atoms with E-state index in [-0.39, 0.29) is 69.1 Å². The van der Waals surface area contributed by atoms with Gasteiger partial charge in [0.1, 0.15) is 0 Å². The third-order valence-corrected chi connectivity index (χ3v) is 4.77. The molecule has 0 saturated heterocycles. The van der Waals surface area contributed by atoms with Crippen LogP contribution in [0.15, 0.2) is 121 Å². The first-order valence-corrected chi connectivity index (χ1v) is 12.1. The third-order valence-electron chi connectivity index (χ3n) is 4.77. The number of carbonyl (C=O) groups excluding carboxylic acids is 4. The van der Waals surface area contributed by atoms with E-state index in [1.807, 2.05) is 24.3 Å². The molecule has 0 aromatic heterocycles. The summed E-state index contributed by atoms with van der Waals surface area (Å²) < 4.78 is 0. The molecule has 0 N–H and O–H groups in total. The van der Waals surface area contributed by atoms with Gasteiger partial charge < -0.3 is 39.6 Å². The first-order chi connectivity index (χ1) is 19.2. The zero-order chi connectivity index (χ0) is 29.6. The summed E-state index contributed by atoms with van der Waals surface area (Å²) >= 11 is 0. The van der Waals surface area contributed by atoms with Gasteiger partial charge in [-0.1, -0.05) is 121 Å². The summed E-state index contributed by atoms with van der Waals surface area (Å²) in [7, 11) is 0. The van der Waals surface area contributed by atoms with Gasteiger partial charge in [-0.15, -0.1) is 0 Å². The van der Waals surface area contributed by atoms with Crippen LogP contribution < -0.4 is 20.4 Å². The normalized spacial score (nSPS) is 8.76. The Kier molecular flexibility index (Phi) is 23.9. The molecule has 0 spiro atoms. The molecule has 0 saturated carbocycles. The van der Waals surface area contributed by atoms with Crippen molar-refractivity contribution in [2.45, 2.75) is 25.7 Å². The maximum absolute atomic E-state index is 10.1. The molecule has 4 aromatic rings. The molecule has 0 unspecified atom stereocenters. The van der Waals surface area contributed by atoms with Gasteiger partial charge in [0.25, 0.3) is 0 Å². The van der Waals surface area contributed by atoms with E-state index in [0.717, 1.165) is 22.3 Å². The van der Waals surface area contributed by atoms with E-state index in [9.17, 15) is 39.6 Å². The molecular formula is C32H28O8Ti2.